The minimum atomic E-state index is 0.481. The first-order valence-corrected chi connectivity index (χ1v) is 11.0. The Morgan fingerprint density at radius 1 is 0.815 bits per heavy atom. The maximum atomic E-state index is 11.0. The van der Waals surface area contributed by atoms with Crippen LogP contribution in [0.3, 0.4) is 0 Å². The summed E-state index contributed by atoms with van der Waals surface area (Å²) in [4.78, 5) is 16.6. The highest BCUT2D eigenvalue weighted by Gasteiger charge is 2.29. The van der Waals surface area contributed by atoms with E-state index in [-0.39, 0.29) is 0 Å². The summed E-state index contributed by atoms with van der Waals surface area (Å²) in [6.45, 7) is 8.89. The third-order valence-corrected chi connectivity index (χ3v) is 7.47. The Morgan fingerprint density at radius 3 is 1.67 bits per heavy atom. The van der Waals surface area contributed by atoms with Gasteiger partial charge < -0.3 is 0 Å². The zero-order chi connectivity index (χ0) is 19.1. The fraction of sp³-hybridized carbons (Fsp3) is 0.292. The number of rotatable bonds is 4. The molecule has 138 valence electrons. The van der Waals surface area contributed by atoms with Crippen molar-refractivity contribution < 1.29 is 4.79 Å². The van der Waals surface area contributed by atoms with Crippen LogP contribution in [0.15, 0.2) is 36.4 Å². The quantitative estimate of drug-likeness (QED) is 0.424. The van der Waals surface area contributed by atoms with Gasteiger partial charge in [0.2, 0.25) is 0 Å². The number of carbonyl (C=O) groups is 1. The summed E-state index contributed by atoms with van der Waals surface area (Å²) in [6, 6.07) is 12.9. The minimum Gasteiger partial charge on any atom is -0.298 e. The SMILES string of the molecule is Cc1cc(C2=C(c3cc(C)sc3C)CC(c3ccc(C=O)cc3)C2)c(C)s1. The van der Waals surface area contributed by atoms with E-state index in [1.807, 2.05) is 34.8 Å². The Morgan fingerprint density at radius 2 is 1.30 bits per heavy atom. The first-order valence-electron chi connectivity index (χ1n) is 9.38. The molecule has 3 heteroatoms. The standard InChI is InChI=1S/C24H24OS2/c1-14-9-21(16(3)26-14)23-11-20(19-7-5-18(13-25)6-8-19)12-24(23)22-10-15(2)27-17(22)4/h5-10,13,20H,11-12H2,1-4H3. The van der Waals surface area contributed by atoms with E-state index in [9.17, 15) is 4.79 Å². The van der Waals surface area contributed by atoms with Crippen molar-refractivity contribution in [1.82, 2.24) is 0 Å². The Bertz CT molecular complexity index is 973. The molecule has 0 atom stereocenters. The van der Waals surface area contributed by atoms with Gasteiger partial charge in [-0.05, 0) is 86.4 Å². The molecule has 0 unspecified atom stereocenters. The molecule has 27 heavy (non-hydrogen) atoms. The fourth-order valence-corrected chi connectivity index (χ4v) is 6.20. The number of benzene rings is 1. The zero-order valence-electron chi connectivity index (χ0n) is 16.3. The van der Waals surface area contributed by atoms with Gasteiger partial charge in [0, 0.05) is 25.1 Å². The van der Waals surface area contributed by atoms with Crippen molar-refractivity contribution in [2.24, 2.45) is 0 Å². The molecule has 0 aliphatic heterocycles. The summed E-state index contributed by atoms with van der Waals surface area (Å²) in [5.41, 5.74) is 7.98. The maximum Gasteiger partial charge on any atom is 0.150 e. The third-order valence-electron chi connectivity index (χ3n) is 5.54. The Kier molecular flexibility index (Phi) is 4.92. The average Bonchev–Trinajstić information content (AvgIpc) is 3.31. The predicted molar refractivity (Wildman–Crippen MR) is 118 cm³/mol. The number of carbonyl (C=O) groups excluding carboxylic acids is 1. The lowest BCUT2D eigenvalue weighted by molar-refractivity contribution is 0.112. The number of hydrogen-bond acceptors (Lipinski definition) is 3. The van der Waals surface area contributed by atoms with Crippen LogP contribution in [0.2, 0.25) is 0 Å². The van der Waals surface area contributed by atoms with E-state index >= 15 is 0 Å². The van der Waals surface area contributed by atoms with Gasteiger partial charge in [0.25, 0.3) is 0 Å². The second kappa shape index (κ2) is 7.21. The molecule has 1 aliphatic carbocycles. The lowest BCUT2D eigenvalue weighted by atomic mass is 9.93. The van der Waals surface area contributed by atoms with Crippen molar-refractivity contribution in [3.63, 3.8) is 0 Å². The van der Waals surface area contributed by atoms with Gasteiger partial charge in [-0.1, -0.05) is 24.3 Å². The van der Waals surface area contributed by atoms with Gasteiger partial charge in [-0.2, -0.15) is 0 Å². The van der Waals surface area contributed by atoms with Crippen LogP contribution in [0.4, 0.5) is 0 Å². The van der Waals surface area contributed by atoms with E-state index in [0.717, 1.165) is 24.7 Å². The first kappa shape index (κ1) is 18.4. The highest BCUT2D eigenvalue weighted by Crippen LogP contribution is 2.50. The Balaban J connectivity index is 1.78. The van der Waals surface area contributed by atoms with Gasteiger partial charge >= 0.3 is 0 Å². The average molecular weight is 393 g/mol. The van der Waals surface area contributed by atoms with Crippen molar-refractivity contribution in [2.75, 3.05) is 0 Å². The van der Waals surface area contributed by atoms with Crippen molar-refractivity contribution >= 4 is 40.1 Å². The molecule has 0 bridgehead atoms. The smallest absolute Gasteiger partial charge is 0.150 e. The van der Waals surface area contributed by atoms with E-state index < -0.39 is 0 Å². The highest BCUT2D eigenvalue weighted by molar-refractivity contribution is 7.12. The normalized spacial score (nSPS) is 15.0. The molecule has 0 saturated heterocycles. The lowest BCUT2D eigenvalue weighted by Gasteiger charge is -2.11. The summed E-state index contributed by atoms with van der Waals surface area (Å²) >= 11 is 3.79. The van der Waals surface area contributed by atoms with Crippen LogP contribution in [-0.4, -0.2) is 6.29 Å². The van der Waals surface area contributed by atoms with Gasteiger partial charge in [-0.3, -0.25) is 4.79 Å². The lowest BCUT2D eigenvalue weighted by Crippen LogP contribution is -1.95. The molecule has 0 spiro atoms. The topological polar surface area (TPSA) is 17.1 Å². The summed E-state index contributed by atoms with van der Waals surface area (Å²) in [5.74, 6) is 0.481. The van der Waals surface area contributed by atoms with E-state index in [2.05, 4.69) is 52.0 Å². The summed E-state index contributed by atoms with van der Waals surface area (Å²) < 4.78 is 0. The van der Waals surface area contributed by atoms with Crippen LogP contribution in [0.25, 0.3) is 11.1 Å². The number of thiophene rings is 2. The van der Waals surface area contributed by atoms with Crippen LogP contribution >= 0.6 is 22.7 Å². The van der Waals surface area contributed by atoms with Gasteiger partial charge in [0.1, 0.15) is 6.29 Å². The largest absolute Gasteiger partial charge is 0.298 e. The molecule has 3 aromatic rings. The van der Waals surface area contributed by atoms with E-state index in [4.69, 9.17) is 0 Å². The van der Waals surface area contributed by atoms with Gasteiger partial charge in [0.15, 0.2) is 0 Å². The number of allylic oxidation sites excluding steroid dienone is 2. The predicted octanol–water partition coefficient (Wildman–Crippen LogP) is 7.34. The van der Waals surface area contributed by atoms with E-state index in [0.29, 0.717) is 5.92 Å². The second-order valence-electron chi connectivity index (χ2n) is 7.50. The molecule has 2 heterocycles. The van der Waals surface area contributed by atoms with Crippen molar-refractivity contribution in [1.29, 1.82) is 0 Å². The highest BCUT2D eigenvalue weighted by atomic mass is 32.1. The fourth-order valence-electron chi connectivity index (χ4n) is 4.30. The van der Waals surface area contributed by atoms with Crippen molar-refractivity contribution in [3.05, 3.63) is 78.2 Å². The van der Waals surface area contributed by atoms with Crippen LogP contribution in [0.5, 0.6) is 0 Å². The van der Waals surface area contributed by atoms with Crippen LogP contribution in [0.1, 0.15) is 65.3 Å². The molecular formula is C24H24OS2. The molecule has 1 aromatic carbocycles. The van der Waals surface area contributed by atoms with Crippen molar-refractivity contribution in [3.8, 4) is 0 Å². The summed E-state index contributed by atoms with van der Waals surface area (Å²) in [5, 5.41) is 0. The maximum absolute atomic E-state index is 11.0. The molecule has 2 aromatic heterocycles. The van der Waals surface area contributed by atoms with Gasteiger partial charge in [-0.15, -0.1) is 22.7 Å². The molecule has 0 amide bonds. The Hall–Kier alpha value is -1.97. The number of aldehydes is 1. The molecule has 0 N–H and O–H groups in total. The monoisotopic (exact) mass is 392 g/mol. The molecule has 0 radical (unpaired) electrons. The minimum absolute atomic E-state index is 0.481. The number of hydrogen-bond donors (Lipinski definition) is 0. The molecule has 0 saturated carbocycles. The van der Waals surface area contributed by atoms with E-state index in [1.54, 1.807) is 0 Å². The first-order chi connectivity index (χ1) is 13.0. The van der Waals surface area contributed by atoms with Crippen molar-refractivity contribution in [2.45, 2.75) is 46.5 Å². The van der Waals surface area contributed by atoms with Gasteiger partial charge in [-0.25, -0.2) is 0 Å². The van der Waals surface area contributed by atoms with Gasteiger partial charge in [0.05, 0.1) is 0 Å². The van der Waals surface area contributed by atoms with E-state index in [1.165, 1.54) is 47.3 Å². The zero-order valence-corrected chi connectivity index (χ0v) is 17.9. The van der Waals surface area contributed by atoms with Crippen LogP contribution in [0, 0.1) is 27.7 Å². The molecule has 0 fully saturated rings. The summed E-state index contributed by atoms with van der Waals surface area (Å²) in [7, 11) is 0. The molecular weight excluding hydrogens is 368 g/mol. The second-order valence-corrected chi connectivity index (χ2v) is 10.4. The molecule has 1 nitrogen and oxygen atoms in total. The third kappa shape index (κ3) is 3.46. The molecule has 1 aliphatic rings. The summed E-state index contributed by atoms with van der Waals surface area (Å²) in [6.07, 6.45) is 3.06. The van der Waals surface area contributed by atoms with Crippen LogP contribution < -0.4 is 0 Å². The van der Waals surface area contributed by atoms with Crippen LogP contribution in [-0.2, 0) is 0 Å². The molecule has 4 rings (SSSR count). The number of aryl methyl sites for hydroxylation is 4. The Labute approximate surface area is 169 Å².